The van der Waals surface area contributed by atoms with Gasteiger partial charge in [-0.3, -0.25) is 4.79 Å². The van der Waals surface area contributed by atoms with Crippen LogP contribution in [0.15, 0.2) is 0 Å². The molecule has 0 aliphatic carbocycles. The molecule has 2 rings (SSSR count). The van der Waals surface area contributed by atoms with Crippen molar-refractivity contribution in [2.45, 2.75) is 45.1 Å². The van der Waals surface area contributed by atoms with Crippen LogP contribution in [0.4, 0.5) is 0 Å². The summed E-state index contributed by atoms with van der Waals surface area (Å²) in [7, 11) is -3.44. The van der Waals surface area contributed by atoms with Gasteiger partial charge in [0.1, 0.15) is 0 Å². The number of carbonyl (C=O) groups excluding carboxylic acids is 1. The molecule has 6 nitrogen and oxygen atoms in total. The molecular formula is C12H23N3O3S. The fourth-order valence-electron chi connectivity index (χ4n) is 2.87. The van der Waals surface area contributed by atoms with Crippen LogP contribution in [-0.2, 0) is 15.0 Å². The van der Waals surface area contributed by atoms with Gasteiger partial charge in [0, 0.05) is 25.7 Å². The summed E-state index contributed by atoms with van der Waals surface area (Å²) >= 11 is 0. The van der Waals surface area contributed by atoms with Gasteiger partial charge in [0.25, 0.3) is 10.2 Å². The molecular weight excluding hydrogens is 266 g/mol. The molecule has 2 heterocycles. The largest absolute Gasteiger partial charge is 0.369 e. The number of hydrogen-bond donors (Lipinski definition) is 1. The Morgan fingerprint density at radius 3 is 2.37 bits per heavy atom. The number of primary amides is 1. The van der Waals surface area contributed by atoms with E-state index in [0.717, 1.165) is 19.3 Å². The van der Waals surface area contributed by atoms with Crippen LogP contribution in [-0.4, -0.2) is 48.6 Å². The summed E-state index contributed by atoms with van der Waals surface area (Å²) < 4.78 is 28.3. The van der Waals surface area contributed by atoms with Crippen LogP contribution in [0.1, 0.15) is 39.0 Å². The minimum atomic E-state index is -3.44. The smallest absolute Gasteiger partial charge is 0.282 e. The molecule has 0 aromatic carbocycles. The van der Waals surface area contributed by atoms with E-state index >= 15 is 0 Å². The summed E-state index contributed by atoms with van der Waals surface area (Å²) in [4.78, 5) is 11.3. The van der Waals surface area contributed by atoms with Gasteiger partial charge in [-0.15, -0.1) is 0 Å². The fourth-order valence-corrected chi connectivity index (χ4v) is 4.82. The SMILES string of the molecule is CC1CCC(C(N)=O)CN1S(=O)(=O)N1CCCCC1. The summed E-state index contributed by atoms with van der Waals surface area (Å²) in [5.74, 6) is -0.749. The Morgan fingerprint density at radius 1 is 1.16 bits per heavy atom. The molecule has 7 heteroatoms. The zero-order valence-corrected chi connectivity index (χ0v) is 12.2. The predicted molar refractivity (Wildman–Crippen MR) is 72.4 cm³/mol. The maximum absolute atomic E-state index is 12.6. The third-order valence-electron chi connectivity index (χ3n) is 4.16. The predicted octanol–water partition coefficient (Wildman–Crippen LogP) is 0.303. The van der Waals surface area contributed by atoms with Crippen molar-refractivity contribution in [2.75, 3.05) is 19.6 Å². The molecule has 2 fully saturated rings. The lowest BCUT2D eigenvalue weighted by Crippen LogP contribution is -2.54. The first-order chi connectivity index (χ1) is 8.93. The Balaban J connectivity index is 2.14. The number of nitrogens with zero attached hydrogens (tertiary/aromatic N) is 2. The highest BCUT2D eigenvalue weighted by molar-refractivity contribution is 7.86. The normalized spacial score (nSPS) is 31.2. The Kier molecular flexibility index (Phi) is 4.47. The van der Waals surface area contributed by atoms with Gasteiger partial charge < -0.3 is 5.73 Å². The lowest BCUT2D eigenvalue weighted by atomic mass is 9.95. The molecule has 2 saturated heterocycles. The van der Waals surface area contributed by atoms with Crippen molar-refractivity contribution in [3.8, 4) is 0 Å². The van der Waals surface area contributed by atoms with Crippen LogP contribution >= 0.6 is 0 Å². The van der Waals surface area contributed by atoms with E-state index in [4.69, 9.17) is 5.73 Å². The van der Waals surface area contributed by atoms with Gasteiger partial charge in [-0.2, -0.15) is 17.0 Å². The number of piperidine rings is 2. The van der Waals surface area contributed by atoms with E-state index < -0.39 is 16.1 Å². The standard InChI is InChI=1S/C12H23N3O3S/c1-10-5-6-11(12(13)16)9-15(10)19(17,18)14-7-3-2-4-8-14/h10-11H,2-9H2,1H3,(H2,13,16). The Hall–Kier alpha value is -0.660. The van der Waals surface area contributed by atoms with Crippen LogP contribution in [0.3, 0.4) is 0 Å². The molecule has 0 bridgehead atoms. The molecule has 2 N–H and O–H groups in total. The molecule has 19 heavy (non-hydrogen) atoms. The van der Waals surface area contributed by atoms with Crippen molar-refractivity contribution >= 4 is 16.1 Å². The van der Waals surface area contributed by atoms with E-state index in [9.17, 15) is 13.2 Å². The molecule has 2 aliphatic rings. The first-order valence-corrected chi connectivity index (χ1v) is 8.39. The summed E-state index contributed by atoms with van der Waals surface area (Å²) in [5.41, 5.74) is 5.32. The second-order valence-electron chi connectivity index (χ2n) is 5.56. The molecule has 0 spiro atoms. The van der Waals surface area contributed by atoms with Crippen molar-refractivity contribution in [3.05, 3.63) is 0 Å². The highest BCUT2D eigenvalue weighted by Crippen LogP contribution is 2.27. The van der Waals surface area contributed by atoms with Gasteiger partial charge in [-0.25, -0.2) is 0 Å². The Morgan fingerprint density at radius 2 is 1.79 bits per heavy atom. The van der Waals surface area contributed by atoms with Crippen molar-refractivity contribution in [3.63, 3.8) is 0 Å². The van der Waals surface area contributed by atoms with Crippen LogP contribution in [0.25, 0.3) is 0 Å². The topological polar surface area (TPSA) is 83.7 Å². The molecule has 1 amide bonds. The number of carbonyl (C=O) groups is 1. The summed E-state index contributed by atoms with van der Waals surface area (Å²) in [5, 5.41) is 0. The number of amides is 1. The second kappa shape index (κ2) is 5.76. The van der Waals surface area contributed by atoms with E-state index in [-0.39, 0.29) is 18.5 Å². The van der Waals surface area contributed by atoms with Gasteiger partial charge >= 0.3 is 0 Å². The molecule has 0 radical (unpaired) electrons. The van der Waals surface area contributed by atoms with E-state index in [1.165, 1.54) is 4.31 Å². The van der Waals surface area contributed by atoms with Gasteiger partial charge in [-0.1, -0.05) is 6.42 Å². The molecule has 2 unspecified atom stereocenters. The lowest BCUT2D eigenvalue weighted by molar-refractivity contribution is -0.123. The van der Waals surface area contributed by atoms with Crippen molar-refractivity contribution in [1.82, 2.24) is 8.61 Å². The monoisotopic (exact) mass is 289 g/mol. The second-order valence-corrected chi connectivity index (χ2v) is 7.44. The van der Waals surface area contributed by atoms with Crippen LogP contribution in [0.5, 0.6) is 0 Å². The number of nitrogens with two attached hydrogens (primary N) is 1. The van der Waals surface area contributed by atoms with E-state index in [0.29, 0.717) is 25.9 Å². The first-order valence-electron chi connectivity index (χ1n) is 6.99. The molecule has 0 aromatic heterocycles. The zero-order chi connectivity index (χ0) is 14.0. The molecule has 0 saturated carbocycles. The van der Waals surface area contributed by atoms with Gasteiger partial charge in [-0.05, 0) is 32.6 Å². The summed E-state index contributed by atoms with van der Waals surface area (Å²) in [6, 6.07) is -0.0532. The van der Waals surface area contributed by atoms with Gasteiger partial charge in [0.05, 0.1) is 5.92 Å². The zero-order valence-electron chi connectivity index (χ0n) is 11.4. The van der Waals surface area contributed by atoms with Gasteiger partial charge in [0.15, 0.2) is 0 Å². The van der Waals surface area contributed by atoms with Crippen LogP contribution in [0.2, 0.25) is 0 Å². The molecule has 2 atom stereocenters. The minimum absolute atomic E-state index is 0.0532. The van der Waals surface area contributed by atoms with Crippen LogP contribution in [0, 0.1) is 5.92 Å². The summed E-state index contributed by atoms with van der Waals surface area (Å²) in [6.07, 6.45) is 4.30. The average Bonchev–Trinajstić information content (AvgIpc) is 2.39. The quantitative estimate of drug-likeness (QED) is 0.811. The van der Waals surface area contributed by atoms with E-state index in [2.05, 4.69) is 0 Å². The molecule has 0 aromatic rings. The highest BCUT2D eigenvalue weighted by Gasteiger charge is 2.39. The van der Waals surface area contributed by atoms with Crippen molar-refractivity contribution < 1.29 is 13.2 Å². The summed E-state index contributed by atoms with van der Waals surface area (Å²) in [6.45, 7) is 3.31. The third-order valence-corrected chi connectivity index (χ3v) is 6.28. The minimum Gasteiger partial charge on any atom is -0.369 e. The molecule has 110 valence electrons. The van der Waals surface area contributed by atoms with Crippen molar-refractivity contribution in [1.29, 1.82) is 0 Å². The fraction of sp³-hybridized carbons (Fsp3) is 0.917. The Labute approximate surface area is 115 Å². The van der Waals surface area contributed by atoms with Gasteiger partial charge in [0.2, 0.25) is 5.91 Å². The maximum Gasteiger partial charge on any atom is 0.282 e. The highest BCUT2D eigenvalue weighted by atomic mass is 32.2. The van der Waals surface area contributed by atoms with Crippen molar-refractivity contribution in [2.24, 2.45) is 11.7 Å². The van der Waals surface area contributed by atoms with Crippen LogP contribution < -0.4 is 5.73 Å². The average molecular weight is 289 g/mol. The molecule has 2 aliphatic heterocycles. The Bertz CT molecular complexity index is 432. The maximum atomic E-state index is 12.6. The van der Waals surface area contributed by atoms with E-state index in [1.54, 1.807) is 4.31 Å². The third kappa shape index (κ3) is 3.09. The number of rotatable bonds is 3. The first kappa shape index (κ1) is 14.7. The number of hydrogen-bond acceptors (Lipinski definition) is 3. The lowest BCUT2D eigenvalue weighted by Gasteiger charge is -2.39. The van der Waals surface area contributed by atoms with E-state index in [1.807, 2.05) is 6.92 Å².